The van der Waals surface area contributed by atoms with Gasteiger partial charge in [-0.05, 0) is 103 Å². The van der Waals surface area contributed by atoms with Gasteiger partial charge in [0.15, 0.2) is 5.78 Å². The number of fused-ring (bicyclic) bond motifs is 1. The Kier molecular flexibility index (Phi) is 17.7. The van der Waals surface area contributed by atoms with Gasteiger partial charge in [0.25, 0.3) is 5.69 Å². The lowest BCUT2D eigenvalue weighted by atomic mass is 9.77. The van der Waals surface area contributed by atoms with E-state index in [1.165, 1.54) is 4.90 Å². The van der Waals surface area contributed by atoms with Crippen molar-refractivity contribution in [3.63, 3.8) is 0 Å². The molecule has 2 heterocycles. The van der Waals surface area contributed by atoms with Crippen LogP contribution in [0.2, 0.25) is 5.02 Å². The average molecular weight is 1090 g/mol. The zero-order valence-electron chi connectivity index (χ0n) is 43.2. The van der Waals surface area contributed by atoms with Gasteiger partial charge >= 0.3 is 28.6 Å². The van der Waals surface area contributed by atoms with Gasteiger partial charge in [-0.15, -0.1) is 0 Å². The minimum absolute atomic E-state index is 0.00168. The monoisotopic (exact) mass is 1080 g/mol. The van der Waals surface area contributed by atoms with Gasteiger partial charge in [-0.25, -0.2) is 18.7 Å². The van der Waals surface area contributed by atoms with Crippen molar-refractivity contribution < 1.29 is 78.4 Å². The summed E-state index contributed by atoms with van der Waals surface area (Å²) in [6.45, 7) is 17.8. The summed E-state index contributed by atoms with van der Waals surface area (Å²) in [5, 5.41) is 11.4. The normalized spacial score (nSPS) is 20.8. The van der Waals surface area contributed by atoms with E-state index in [4.69, 9.17) is 30.0 Å². The number of esters is 1. The number of hydrogen-bond donors (Lipinski definition) is 1. The second kappa shape index (κ2) is 22.2. The smallest absolute Gasteiger partial charge is 0.488 e. The summed E-state index contributed by atoms with van der Waals surface area (Å²) in [5.41, 5.74) is -6.10. The number of ketones is 1. The summed E-state index contributed by atoms with van der Waals surface area (Å²) in [6, 6.07) is 10.1. The second-order valence-corrected chi connectivity index (χ2v) is 23.1. The standard InChI is InChI=1S/C39H54ClN3O10S.C11H10F3NO5/c1-10-23-20-39(23,35(47)42-54(48,49)53-38(9)15-16-38)21-29(44)28-17-24(51-30-19-31(50-11-2)41-33-25(30)13-12-14-27(33)40)22-43(28)34(46)26(36(3,4)5)18-32(45)52-37(6,7)8;1-10(2,11(12,13)14)20-9(16)19-8-5-3-7(4-6-8)15(17)18/h12-14,19,23-24,26,28H,10-11,15-18,20-22H2,1-9H3,(H,42,47);3-6H,1-2H3/t23-,24-,26-,28+,39-;/m1./s1. The molecule has 1 N–H and O–H groups in total. The quantitative estimate of drug-likeness (QED) is 0.0539. The molecule has 24 heteroatoms. The van der Waals surface area contributed by atoms with Crippen molar-refractivity contribution in [3.05, 3.63) is 63.7 Å². The molecular formula is C50H64ClF3N4O15S. The first-order valence-corrected chi connectivity index (χ1v) is 25.7. The van der Waals surface area contributed by atoms with Crippen LogP contribution >= 0.6 is 11.6 Å². The molecule has 2 aliphatic carbocycles. The Balaban J connectivity index is 0.000000425. The van der Waals surface area contributed by atoms with Crippen LogP contribution in [-0.4, -0.2) is 101 Å². The summed E-state index contributed by atoms with van der Waals surface area (Å²) in [7, 11) is -4.42. The summed E-state index contributed by atoms with van der Waals surface area (Å²) in [5.74, 6) is -2.76. The lowest BCUT2D eigenvalue weighted by Crippen LogP contribution is -2.49. The molecule has 2 saturated carbocycles. The van der Waals surface area contributed by atoms with Crippen LogP contribution in [0.4, 0.5) is 23.7 Å². The lowest BCUT2D eigenvalue weighted by molar-refractivity contribution is -0.384. The molecule has 0 spiro atoms. The number of nitrogens with one attached hydrogen (secondary N) is 1. The van der Waals surface area contributed by atoms with Gasteiger partial charge in [0.05, 0.1) is 58.0 Å². The molecule has 3 fully saturated rings. The highest BCUT2D eigenvalue weighted by molar-refractivity contribution is 7.85. The number of benzene rings is 2. The maximum atomic E-state index is 14.7. The van der Waals surface area contributed by atoms with Crippen LogP contribution in [0.25, 0.3) is 10.9 Å². The van der Waals surface area contributed by atoms with Gasteiger partial charge in [0.1, 0.15) is 23.2 Å². The SMILES string of the molecule is CC(C)(OC(=O)Oc1ccc([N+](=O)[O-])cc1)C(F)(F)F.CCOc1cc(O[C@@H]2C[C@@H](C(=O)C[C@]3(C(=O)NS(=O)(=O)OC4(C)CC4)C[C@H]3CC)N(C(=O)[C@@H](CC(=O)OC(C)(C)C)C(C)(C)C)C2)c2cccc(Cl)c2n1. The van der Waals surface area contributed by atoms with Crippen molar-refractivity contribution in [2.75, 3.05) is 13.2 Å². The second-order valence-electron chi connectivity index (χ2n) is 21.5. The largest absolute Gasteiger partial charge is 0.514 e. The number of ether oxygens (including phenoxy) is 5. The number of aromatic nitrogens is 1. The van der Waals surface area contributed by atoms with Gasteiger partial charge < -0.3 is 28.6 Å². The van der Waals surface area contributed by atoms with Crippen LogP contribution in [-0.2, 0) is 43.1 Å². The molecule has 0 unspecified atom stereocenters. The van der Waals surface area contributed by atoms with Gasteiger partial charge in [-0.2, -0.15) is 21.6 Å². The van der Waals surface area contributed by atoms with E-state index in [1.807, 2.05) is 34.6 Å². The highest BCUT2D eigenvalue weighted by atomic mass is 35.5. The third-order valence-corrected chi connectivity index (χ3v) is 14.1. The molecule has 1 saturated heterocycles. The fraction of sp³-hybridized carbons (Fsp3) is 0.600. The predicted octanol–water partition coefficient (Wildman–Crippen LogP) is 9.79. The Labute approximate surface area is 432 Å². The number of amides is 2. The number of nitro benzene ring substituents is 1. The van der Waals surface area contributed by atoms with Crippen molar-refractivity contribution in [2.45, 2.75) is 156 Å². The molecule has 1 aromatic heterocycles. The molecule has 19 nitrogen and oxygen atoms in total. The maximum absolute atomic E-state index is 14.7. The third-order valence-electron chi connectivity index (χ3n) is 12.8. The summed E-state index contributed by atoms with van der Waals surface area (Å²) < 4.78 is 96.9. The predicted molar refractivity (Wildman–Crippen MR) is 262 cm³/mol. The highest BCUT2D eigenvalue weighted by Crippen LogP contribution is 2.58. The molecule has 2 amide bonds. The van der Waals surface area contributed by atoms with Crippen molar-refractivity contribution in [3.8, 4) is 17.4 Å². The van der Waals surface area contributed by atoms with Crippen LogP contribution in [0.3, 0.4) is 0 Å². The van der Waals surface area contributed by atoms with E-state index in [-0.39, 0.29) is 43.2 Å². The first-order valence-electron chi connectivity index (χ1n) is 24.0. The van der Waals surface area contributed by atoms with Crippen molar-refractivity contribution in [2.24, 2.45) is 22.7 Å². The number of para-hydroxylation sites is 1. The number of Topliss-reactive ketones (excluding diaryl/α,β-unsaturated/α-hetero) is 1. The van der Waals surface area contributed by atoms with Gasteiger partial charge in [0.2, 0.25) is 23.3 Å². The van der Waals surface area contributed by atoms with Crippen LogP contribution in [0, 0.1) is 32.8 Å². The number of alkyl halides is 3. The first kappa shape index (κ1) is 59.1. The average Bonchev–Trinajstić information content (AvgIpc) is 4.13. The fourth-order valence-electron chi connectivity index (χ4n) is 8.30. The molecule has 74 heavy (non-hydrogen) atoms. The Bertz CT molecular complexity index is 2720. The Morgan fingerprint density at radius 3 is 2.14 bits per heavy atom. The number of hydrogen-bond acceptors (Lipinski definition) is 16. The molecule has 1 aliphatic heterocycles. The Hall–Kier alpha value is -5.81. The van der Waals surface area contributed by atoms with Crippen molar-refractivity contribution in [1.82, 2.24) is 14.6 Å². The molecule has 0 bridgehead atoms. The van der Waals surface area contributed by atoms with E-state index in [9.17, 15) is 55.7 Å². The zero-order valence-corrected chi connectivity index (χ0v) is 44.8. The lowest BCUT2D eigenvalue weighted by Gasteiger charge is -2.35. The van der Waals surface area contributed by atoms with Crippen molar-refractivity contribution in [1.29, 1.82) is 0 Å². The number of rotatable bonds is 18. The van der Waals surface area contributed by atoms with Gasteiger partial charge in [0, 0.05) is 36.4 Å². The number of likely N-dealkylation sites (tertiary alicyclic amines) is 1. The van der Waals surface area contributed by atoms with Crippen LogP contribution in [0.5, 0.6) is 17.4 Å². The van der Waals surface area contributed by atoms with Crippen molar-refractivity contribution >= 4 is 68.2 Å². The van der Waals surface area contributed by atoms with E-state index in [0.29, 0.717) is 73.7 Å². The molecule has 3 aromatic rings. The first-order chi connectivity index (χ1) is 34.0. The Morgan fingerprint density at radius 2 is 1.61 bits per heavy atom. The summed E-state index contributed by atoms with van der Waals surface area (Å²) >= 11 is 6.51. The molecule has 3 aliphatic rings. The minimum Gasteiger partial charge on any atom is -0.488 e. The number of nitro groups is 1. The molecule has 5 atom stereocenters. The van der Waals surface area contributed by atoms with E-state index in [0.717, 1.165) is 24.3 Å². The molecule has 408 valence electrons. The van der Waals surface area contributed by atoms with E-state index in [2.05, 4.69) is 19.2 Å². The Morgan fingerprint density at radius 1 is 0.973 bits per heavy atom. The number of nitrogens with zero attached hydrogens (tertiary/aromatic N) is 3. The number of non-ortho nitro benzene ring substituents is 1. The van der Waals surface area contributed by atoms with E-state index in [1.54, 1.807) is 52.0 Å². The highest BCUT2D eigenvalue weighted by Gasteiger charge is 2.62. The summed E-state index contributed by atoms with van der Waals surface area (Å²) in [6.07, 6.45) is -5.47. The maximum Gasteiger partial charge on any atom is 0.514 e. The minimum atomic E-state index is -4.75. The van der Waals surface area contributed by atoms with Crippen LogP contribution in [0.15, 0.2) is 48.5 Å². The van der Waals surface area contributed by atoms with E-state index < -0.39 is 96.8 Å². The fourth-order valence-corrected chi connectivity index (χ4v) is 9.69. The number of carbonyl (C=O) groups is 5. The molecule has 6 rings (SSSR count). The molecular weight excluding hydrogens is 1020 g/mol. The van der Waals surface area contributed by atoms with Crippen LogP contribution < -0.4 is 18.9 Å². The molecule has 0 radical (unpaired) electrons. The topological polar surface area (TPSA) is 246 Å². The van der Waals surface area contributed by atoms with Crippen LogP contribution in [0.1, 0.15) is 121 Å². The third kappa shape index (κ3) is 15.2. The zero-order chi connectivity index (χ0) is 55.6. The summed E-state index contributed by atoms with van der Waals surface area (Å²) in [4.78, 5) is 82.9. The van der Waals surface area contributed by atoms with Gasteiger partial charge in [-0.1, -0.05) is 51.8 Å². The number of carbonyl (C=O) groups excluding carboxylic acids is 5. The van der Waals surface area contributed by atoms with E-state index >= 15 is 0 Å². The van der Waals surface area contributed by atoms with Gasteiger partial charge in [-0.3, -0.25) is 29.3 Å². The number of pyridine rings is 1. The number of halogens is 4. The molecule has 2 aromatic carbocycles.